The molecule has 0 heterocycles. The van der Waals surface area contributed by atoms with Crippen LogP contribution >= 0.6 is 0 Å². The van der Waals surface area contributed by atoms with E-state index in [9.17, 15) is 0 Å². The molecule has 1 nitrogen and oxygen atoms in total. The Morgan fingerprint density at radius 2 is 2.06 bits per heavy atom. The van der Waals surface area contributed by atoms with Crippen molar-refractivity contribution in [2.24, 2.45) is 5.92 Å². The lowest BCUT2D eigenvalue weighted by atomic mass is 9.92. The van der Waals surface area contributed by atoms with Crippen molar-refractivity contribution in [2.45, 2.75) is 38.5 Å². The number of nitrogens with one attached hydrogen (secondary N) is 1. The molecule has 0 radical (unpaired) electrons. The van der Waals surface area contributed by atoms with Crippen LogP contribution in [0.1, 0.15) is 37.8 Å². The Hall–Kier alpha value is -0.820. The van der Waals surface area contributed by atoms with Crippen LogP contribution in [0.3, 0.4) is 0 Å². The monoisotopic (exact) mass is 217 g/mol. The summed E-state index contributed by atoms with van der Waals surface area (Å²) in [5, 5.41) is 3.33. The second kappa shape index (κ2) is 4.58. The summed E-state index contributed by atoms with van der Waals surface area (Å²) in [6.45, 7) is 5.69. The molecule has 0 aromatic heterocycles. The maximum Gasteiger partial charge on any atom is 0.00784 e. The van der Waals surface area contributed by atoms with E-state index in [4.69, 9.17) is 0 Å². The van der Waals surface area contributed by atoms with Crippen LogP contribution < -0.4 is 5.32 Å². The first-order chi connectivity index (χ1) is 7.66. The molecule has 0 unspecified atom stereocenters. The van der Waals surface area contributed by atoms with Crippen LogP contribution in [0.25, 0.3) is 0 Å². The lowest BCUT2D eigenvalue weighted by Crippen LogP contribution is -2.23. The summed E-state index contributed by atoms with van der Waals surface area (Å²) in [5.41, 5.74) is 3.50. The van der Waals surface area contributed by atoms with Gasteiger partial charge in [0.2, 0.25) is 0 Å². The molecule has 88 valence electrons. The molecule has 1 aliphatic rings. The Morgan fingerprint density at radius 1 is 1.31 bits per heavy atom. The summed E-state index contributed by atoms with van der Waals surface area (Å²) in [5.74, 6) is 0.745. The number of rotatable bonds is 5. The van der Waals surface area contributed by atoms with Crippen molar-refractivity contribution in [3.05, 3.63) is 35.4 Å². The highest BCUT2D eigenvalue weighted by molar-refractivity contribution is 5.35. The van der Waals surface area contributed by atoms with Crippen LogP contribution in [-0.2, 0) is 11.8 Å². The van der Waals surface area contributed by atoms with Crippen LogP contribution in [0.5, 0.6) is 0 Å². The molecule has 1 aromatic rings. The summed E-state index contributed by atoms with van der Waals surface area (Å²) in [6, 6.07) is 9.21. The zero-order valence-corrected chi connectivity index (χ0v) is 10.7. The number of hydrogen-bond donors (Lipinski definition) is 1. The number of benzene rings is 1. The summed E-state index contributed by atoms with van der Waals surface area (Å²) < 4.78 is 0. The van der Waals surface area contributed by atoms with Gasteiger partial charge < -0.3 is 5.32 Å². The highest BCUT2D eigenvalue weighted by Gasteiger charge is 2.43. The van der Waals surface area contributed by atoms with Gasteiger partial charge in [0.05, 0.1) is 0 Å². The van der Waals surface area contributed by atoms with Gasteiger partial charge in [-0.2, -0.15) is 0 Å². The standard InChI is InChI=1S/C15H23N/c1-12(2)9-13-5-4-6-14(10-13)15(7-8-15)11-16-3/h4-6,10,12,16H,7-9,11H2,1-3H3. The van der Waals surface area contributed by atoms with Gasteiger partial charge in [-0.1, -0.05) is 38.1 Å². The van der Waals surface area contributed by atoms with Gasteiger partial charge in [-0.3, -0.25) is 0 Å². The second-order valence-electron chi connectivity index (χ2n) is 5.61. The highest BCUT2D eigenvalue weighted by atomic mass is 14.8. The topological polar surface area (TPSA) is 12.0 Å². The van der Waals surface area contributed by atoms with Gasteiger partial charge in [0.15, 0.2) is 0 Å². The summed E-state index contributed by atoms with van der Waals surface area (Å²) in [4.78, 5) is 0. The SMILES string of the molecule is CNCC1(c2cccc(CC(C)C)c2)CC1. The normalized spacial score (nSPS) is 17.8. The van der Waals surface area contributed by atoms with Crippen molar-refractivity contribution in [2.75, 3.05) is 13.6 Å². The van der Waals surface area contributed by atoms with Crippen LogP contribution in [0, 0.1) is 5.92 Å². The molecule has 1 N–H and O–H groups in total. The van der Waals surface area contributed by atoms with Crippen LogP contribution in [0.4, 0.5) is 0 Å². The Kier molecular flexibility index (Phi) is 3.34. The molecule has 0 amide bonds. The first-order valence-corrected chi connectivity index (χ1v) is 6.40. The van der Waals surface area contributed by atoms with Gasteiger partial charge in [0, 0.05) is 12.0 Å². The molecule has 0 spiro atoms. The minimum atomic E-state index is 0.460. The summed E-state index contributed by atoms with van der Waals surface area (Å²) in [6.07, 6.45) is 3.89. The first kappa shape index (κ1) is 11.7. The number of likely N-dealkylation sites (N-methyl/N-ethyl adjacent to an activating group) is 1. The predicted octanol–water partition coefficient (Wildman–Crippen LogP) is 3.14. The van der Waals surface area contributed by atoms with E-state index in [2.05, 4.69) is 50.5 Å². The predicted molar refractivity (Wildman–Crippen MR) is 69.8 cm³/mol. The van der Waals surface area contributed by atoms with Gasteiger partial charge in [-0.25, -0.2) is 0 Å². The summed E-state index contributed by atoms with van der Waals surface area (Å²) in [7, 11) is 2.05. The Balaban J connectivity index is 2.16. The molecular weight excluding hydrogens is 194 g/mol. The lowest BCUT2D eigenvalue weighted by Gasteiger charge is -2.16. The van der Waals surface area contributed by atoms with Crippen molar-refractivity contribution in [1.29, 1.82) is 0 Å². The van der Waals surface area contributed by atoms with Gasteiger partial charge in [0.25, 0.3) is 0 Å². The van der Waals surface area contributed by atoms with E-state index in [-0.39, 0.29) is 0 Å². The Morgan fingerprint density at radius 3 is 2.62 bits per heavy atom. The zero-order chi connectivity index (χ0) is 11.6. The Labute approximate surface area is 99.3 Å². The maximum atomic E-state index is 3.33. The molecule has 0 atom stereocenters. The largest absolute Gasteiger partial charge is 0.319 e. The van der Waals surface area contributed by atoms with Crippen molar-refractivity contribution in [3.8, 4) is 0 Å². The van der Waals surface area contributed by atoms with E-state index >= 15 is 0 Å². The van der Waals surface area contributed by atoms with Crippen molar-refractivity contribution in [1.82, 2.24) is 5.32 Å². The van der Waals surface area contributed by atoms with E-state index in [1.165, 1.54) is 24.8 Å². The minimum absolute atomic E-state index is 0.460. The van der Waals surface area contributed by atoms with E-state index in [0.717, 1.165) is 12.5 Å². The third-order valence-electron chi connectivity index (χ3n) is 3.55. The molecule has 0 saturated heterocycles. The average molecular weight is 217 g/mol. The van der Waals surface area contributed by atoms with E-state index in [1.54, 1.807) is 5.56 Å². The van der Waals surface area contributed by atoms with Crippen LogP contribution in [0.2, 0.25) is 0 Å². The molecular formula is C15H23N. The van der Waals surface area contributed by atoms with Crippen LogP contribution in [-0.4, -0.2) is 13.6 Å². The summed E-state index contributed by atoms with van der Waals surface area (Å²) >= 11 is 0. The molecule has 1 aromatic carbocycles. The molecule has 16 heavy (non-hydrogen) atoms. The fraction of sp³-hybridized carbons (Fsp3) is 0.600. The van der Waals surface area contributed by atoms with Gasteiger partial charge in [-0.05, 0) is 43.4 Å². The average Bonchev–Trinajstić information content (AvgIpc) is 2.99. The third-order valence-corrected chi connectivity index (χ3v) is 3.55. The van der Waals surface area contributed by atoms with Gasteiger partial charge >= 0.3 is 0 Å². The van der Waals surface area contributed by atoms with Crippen LogP contribution in [0.15, 0.2) is 24.3 Å². The molecule has 1 aliphatic carbocycles. The van der Waals surface area contributed by atoms with Crippen molar-refractivity contribution >= 4 is 0 Å². The zero-order valence-electron chi connectivity index (χ0n) is 10.7. The molecule has 1 fully saturated rings. The lowest BCUT2D eigenvalue weighted by molar-refractivity contribution is 0.618. The number of hydrogen-bond acceptors (Lipinski definition) is 1. The van der Waals surface area contributed by atoms with Crippen molar-refractivity contribution in [3.63, 3.8) is 0 Å². The van der Waals surface area contributed by atoms with Gasteiger partial charge in [0.1, 0.15) is 0 Å². The van der Waals surface area contributed by atoms with Crippen molar-refractivity contribution < 1.29 is 0 Å². The van der Waals surface area contributed by atoms with Gasteiger partial charge in [-0.15, -0.1) is 0 Å². The highest BCUT2D eigenvalue weighted by Crippen LogP contribution is 2.47. The molecule has 0 bridgehead atoms. The molecule has 1 saturated carbocycles. The fourth-order valence-electron chi connectivity index (χ4n) is 2.56. The Bertz CT molecular complexity index is 350. The van der Waals surface area contributed by atoms with E-state index < -0.39 is 0 Å². The first-order valence-electron chi connectivity index (χ1n) is 6.40. The fourth-order valence-corrected chi connectivity index (χ4v) is 2.56. The molecule has 1 heteroatoms. The smallest absolute Gasteiger partial charge is 0.00784 e. The molecule has 2 rings (SSSR count). The maximum absolute atomic E-state index is 3.33. The van der Waals surface area contributed by atoms with E-state index in [0.29, 0.717) is 5.41 Å². The minimum Gasteiger partial charge on any atom is -0.319 e. The second-order valence-corrected chi connectivity index (χ2v) is 5.61. The third kappa shape index (κ3) is 2.46. The molecule has 0 aliphatic heterocycles. The van der Waals surface area contributed by atoms with E-state index in [1.807, 2.05) is 0 Å². The quantitative estimate of drug-likeness (QED) is 0.799.